The molecule has 0 spiro atoms. The van der Waals surface area contributed by atoms with Gasteiger partial charge in [-0.15, -0.1) is 0 Å². The zero-order valence-corrected chi connectivity index (χ0v) is 8.05. The third-order valence-electron chi connectivity index (χ3n) is 2.76. The zero-order valence-electron chi connectivity index (χ0n) is 8.05. The molecule has 5 nitrogen and oxygen atoms in total. The lowest BCUT2D eigenvalue weighted by Crippen LogP contribution is -2.33. The molecule has 2 N–H and O–H groups in total. The van der Waals surface area contributed by atoms with Crippen LogP contribution in [-0.4, -0.2) is 22.2 Å². The van der Waals surface area contributed by atoms with Gasteiger partial charge in [0, 0.05) is 19.2 Å². The molecule has 3 heterocycles. The maximum atomic E-state index is 11.2. The number of carbonyl (C=O) groups is 1. The van der Waals surface area contributed by atoms with E-state index in [0.29, 0.717) is 6.54 Å². The molecule has 0 bridgehead atoms. The molecule has 0 saturated carbocycles. The summed E-state index contributed by atoms with van der Waals surface area (Å²) in [6.45, 7) is 0.643. The van der Waals surface area contributed by atoms with Crippen molar-refractivity contribution in [2.45, 2.75) is 6.42 Å². The van der Waals surface area contributed by atoms with Crippen molar-refractivity contribution >= 4 is 17.2 Å². The molecule has 76 valence electrons. The highest BCUT2D eigenvalue weighted by Crippen LogP contribution is 2.28. The Bertz CT molecular complexity index is 545. The fourth-order valence-electron chi connectivity index (χ4n) is 2.08. The SMILES string of the molecule is NC(=O)N1CCc2c1ccc1ccnn21. The Morgan fingerprint density at radius 1 is 1.40 bits per heavy atom. The molecule has 0 unspecified atom stereocenters. The lowest BCUT2D eigenvalue weighted by Gasteiger charge is -2.13. The molecule has 0 atom stereocenters. The number of hydrogen-bond donors (Lipinski definition) is 1. The lowest BCUT2D eigenvalue weighted by atomic mass is 10.2. The van der Waals surface area contributed by atoms with Gasteiger partial charge in [-0.3, -0.25) is 4.90 Å². The summed E-state index contributed by atoms with van der Waals surface area (Å²) in [5.74, 6) is 0. The molecule has 0 radical (unpaired) electrons. The van der Waals surface area contributed by atoms with Crippen molar-refractivity contribution < 1.29 is 4.79 Å². The molecule has 0 aromatic carbocycles. The van der Waals surface area contributed by atoms with Crippen LogP contribution < -0.4 is 10.6 Å². The number of nitrogens with two attached hydrogens (primary N) is 1. The lowest BCUT2D eigenvalue weighted by molar-refractivity contribution is 0.254. The Labute approximate surface area is 86.1 Å². The van der Waals surface area contributed by atoms with Gasteiger partial charge in [-0.05, 0) is 18.2 Å². The van der Waals surface area contributed by atoms with E-state index in [0.717, 1.165) is 23.3 Å². The second kappa shape index (κ2) is 2.73. The van der Waals surface area contributed by atoms with Crippen LogP contribution in [0.2, 0.25) is 0 Å². The highest BCUT2D eigenvalue weighted by atomic mass is 16.2. The first-order valence-corrected chi connectivity index (χ1v) is 4.80. The van der Waals surface area contributed by atoms with E-state index in [1.807, 2.05) is 22.7 Å². The molecule has 1 aliphatic rings. The van der Waals surface area contributed by atoms with Crippen LogP contribution in [0.15, 0.2) is 24.4 Å². The number of amides is 2. The number of aromatic nitrogens is 2. The minimum atomic E-state index is -0.403. The van der Waals surface area contributed by atoms with Crippen LogP contribution >= 0.6 is 0 Å². The second-order valence-corrected chi connectivity index (χ2v) is 3.57. The highest BCUT2D eigenvalue weighted by Gasteiger charge is 2.24. The summed E-state index contributed by atoms with van der Waals surface area (Å²) >= 11 is 0. The second-order valence-electron chi connectivity index (χ2n) is 3.57. The van der Waals surface area contributed by atoms with Crippen LogP contribution in [0.5, 0.6) is 0 Å². The van der Waals surface area contributed by atoms with E-state index in [-0.39, 0.29) is 0 Å². The number of primary amides is 1. The number of urea groups is 1. The molecule has 0 saturated heterocycles. The smallest absolute Gasteiger partial charge is 0.319 e. The van der Waals surface area contributed by atoms with E-state index in [4.69, 9.17) is 5.73 Å². The number of nitrogens with zero attached hydrogens (tertiary/aromatic N) is 3. The van der Waals surface area contributed by atoms with Crippen molar-refractivity contribution in [3.05, 3.63) is 30.1 Å². The number of carbonyl (C=O) groups excluding carboxylic acids is 1. The van der Waals surface area contributed by atoms with E-state index < -0.39 is 6.03 Å². The topological polar surface area (TPSA) is 63.6 Å². The predicted octanol–water partition coefficient (Wildman–Crippen LogP) is 0.776. The van der Waals surface area contributed by atoms with Gasteiger partial charge >= 0.3 is 6.03 Å². The van der Waals surface area contributed by atoms with E-state index in [1.54, 1.807) is 11.1 Å². The molecule has 2 aromatic rings. The van der Waals surface area contributed by atoms with Crippen LogP contribution in [0, 0.1) is 0 Å². The fourth-order valence-corrected chi connectivity index (χ4v) is 2.08. The van der Waals surface area contributed by atoms with Gasteiger partial charge in [0.1, 0.15) is 0 Å². The molecule has 2 amide bonds. The number of fused-ring (bicyclic) bond motifs is 3. The van der Waals surface area contributed by atoms with Gasteiger partial charge in [0.15, 0.2) is 0 Å². The van der Waals surface area contributed by atoms with Crippen molar-refractivity contribution in [1.29, 1.82) is 0 Å². The van der Waals surface area contributed by atoms with Gasteiger partial charge in [0.05, 0.1) is 16.9 Å². The molecule has 15 heavy (non-hydrogen) atoms. The summed E-state index contributed by atoms with van der Waals surface area (Å²) in [5.41, 5.74) is 8.26. The van der Waals surface area contributed by atoms with E-state index >= 15 is 0 Å². The van der Waals surface area contributed by atoms with Gasteiger partial charge in [0.2, 0.25) is 0 Å². The first-order chi connectivity index (χ1) is 7.27. The van der Waals surface area contributed by atoms with Gasteiger partial charge in [-0.1, -0.05) is 0 Å². The molecule has 5 heteroatoms. The molecule has 2 aromatic heterocycles. The van der Waals surface area contributed by atoms with Crippen LogP contribution in [0.3, 0.4) is 0 Å². The maximum absolute atomic E-state index is 11.2. The van der Waals surface area contributed by atoms with Crippen LogP contribution in [0.25, 0.3) is 5.52 Å². The van der Waals surface area contributed by atoms with Crippen molar-refractivity contribution in [3.8, 4) is 0 Å². The Morgan fingerprint density at radius 3 is 3.07 bits per heavy atom. The van der Waals surface area contributed by atoms with Gasteiger partial charge < -0.3 is 5.73 Å². The largest absolute Gasteiger partial charge is 0.351 e. The normalized spacial score (nSPS) is 14.5. The highest BCUT2D eigenvalue weighted by molar-refractivity contribution is 5.93. The third kappa shape index (κ3) is 1.03. The number of rotatable bonds is 0. The van der Waals surface area contributed by atoms with Crippen LogP contribution in [0.4, 0.5) is 10.5 Å². The van der Waals surface area contributed by atoms with Crippen LogP contribution in [0.1, 0.15) is 5.69 Å². The molecular weight excluding hydrogens is 192 g/mol. The first-order valence-electron chi connectivity index (χ1n) is 4.80. The summed E-state index contributed by atoms with van der Waals surface area (Å²) in [5, 5.41) is 4.22. The van der Waals surface area contributed by atoms with Gasteiger partial charge in [0.25, 0.3) is 0 Å². The average molecular weight is 202 g/mol. The maximum Gasteiger partial charge on any atom is 0.319 e. The third-order valence-corrected chi connectivity index (χ3v) is 2.76. The Kier molecular flexibility index (Phi) is 1.50. The molecule has 0 fully saturated rings. The Balaban J connectivity index is 2.26. The number of pyridine rings is 1. The summed E-state index contributed by atoms with van der Waals surface area (Å²) in [7, 11) is 0. The Morgan fingerprint density at radius 2 is 2.27 bits per heavy atom. The monoisotopic (exact) mass is 202 g/mol. The zero-order chi connectivity index (χ0) is 10.4. The van der Waals surface area contributed by atoms with Crippen LogP contribution in [-0.2, 0) is 6.42 Å². The molecule has 0 aliphatic carbocycles. The number of anilines is 1. The van der Waals surface area contributed by atoms with Crippen molar-refractivity contribution in [3.63, 3.8) is 0 Å². The standard InChI is InChI=1S/C10H10N4O/c11-10(15)13-6-4-9-8(13)2-1-7-3-5-12-14(7)9/h1-3,5H,4,6H2,(H2,11,15). The van der Waals surface area contributed by atoms with Crippen molar-refractivity contribution in [2.75, 3.05) is 11.4 Å². The number of hydrogen-bond acceptors (Lipinski definition) is 2. The summed E-state index contributed by atoms with van der Waals surface area (Å²) in [4.78, 5) is 12.7. The average Bonchev–Trinajstić information content (AvgIpc) is 2.82. The minimum Gasteiger partial charge on any atom is -0.351 e. The Hall–Kier alpha value is -2.04. The quantitative estimate of drug-likeness (QED) is 0.686. The first kappa shape index (κ1) is 8.28. The molecule has 3 rings (SSSR count). The summed E-state index contributed by atoms with van der Waals surface area (Å²) in [6.07, 6.45) is 2.56. The molecule has 1 aliphatic heterocycles. The van der Waals surface area contributed by atoms with E-state index in [2.05, 4.69) is 5.10 Å². The summed E-state index contributed by atoms with van der Waals surface area (Å²) < 4.78 is 1.86. The van der Waals surface area contributed by atoms with Crippen molar-refractivity contribution in [2.24, 2.45) is 5.73 Å². The fraction of sp³-hybridized carbons (Fsp3) is 0.200. The van der Waals surface area contributed by atoms with Crippen molar-refractivity contribution in [1.82, 2.24) is 9.61 Å². The van der Waals surface area contributed by atoms with E-state index in [9.17, 15) is 4.79 Å². The van der Waals surface area contributed by atoms with E-state index in [1.165, 1.54) is 0 Å². The molecular formula is C10H10N4O. The minimum absolute atomic E-state index is 0.403. The predicted molar refractivity (Wildman–Crippen MR) is 55.8 cm³/mol. The summed E-state index contributed by atoms with van der Waals surface area (Å²) in [6, 6.07) is 5.39. The van der Waals surface area contributed by atoms with Gasteiger partial charge in [-0.25, -0.2) is 9.31 Å². The van der Waals surface area contributed by atoms with Gasteiger partial charge in [-0.2, -0.15) is 5.10 Å².